The van der Waals surface area contributed by atoms with E-state index in [0.29, 0.717) is 5.75 Å². The van der Waals surface area contributed by atoms with Crippen LogP contribution in [0.15, 0.2) is 24.3 Å². The van der Waals surface area contributed by atoms with Crippen molar-refractivity contribution in [1.29, 1.82) is 0 Å². The minimum atomic E-state index is -5.33. The Kier molecular flexibility index (Phi) is 3.47. The molecule has 0 amide bonds. The molecule has 0 fully saturated rings. The van der Waals surface area contributed by atoms with Gasteiger partial charge in [0.15, 0.2) is 0 Å². The number of rotatable bonds is 3. The Labute approximate surface area is 85.6 Å². The average molecular weight is 230 g/mol. The van der Waals surface area contributed by atoms with Gasteiger partial charge in [0.25, 0.3) is 0 Å². The lowest BCUT2D eigenvalue weighted by Crippen LogP contribution is -2.24. The van der Waals surface area contributed by atoms with Crippen LogP contribution in [0.5, 0.6) is 11.5 Å². The van der Waals surface area contributed by atoms with E-state index in [1.807, 2.05) is 0 Å². The number of hydrogen-bond donors (Lipinski definition) is 0. The maximum Gasteiger partial charge on any atom is 0.339 e. The topological polar surface area (TPSA) is 98.7 Å². The molecule has 0 aliphatic heterocycles. The molecule has 7 heteroatoms. The second kappa shape index (κ2) is 4.44. The lowest BCUT2D eigenvalue weighted by molar-refractivity contribution is -0.308. The smallest absolute Gasteiger partial charge is 0.339 e. The van der Waals surface area contributed by atoms with E-state index in [4.69, 9.17) is 4.74 Å². The van der Waals surface area contributed by atoms with Crippen molar-refractivity contribution >= 4 is 13.3 Å². The molecule has 0 spiro atoms. The van der Waals surface area contributed by atoms with E-state index in [0.717, 1.165) is 0 Å². The molecule has 0 radical (unpaired) electrons. The summed E-state index contributed by atoms with van der Waals surface area (Å²) in [6.45, 7) is 0. The number of hydrogen-bond acceptors (Lipinski definition) is 6. The van der Waals surface area contributed by atoms with Crippen molar-refractivity contribution in [3.8, 4) is 11.5 Å². The van der Waals surface area contributed by atoms with Gasteiger partial charge in [-0.3, -0.25) is 0 Å². The average Bonchev–Trinajstić information content (AvgIpc) is 2.17. The number of benzene rings is 1. The summed E-state index contributed by atoms with van der Waals surface area (Å²) >= 11 is 0. The summed E-state index contributed by atoms with van der Waals surface area (Å²) in [5.74, 6) is 0.481. The molecule has 0 N–H and O–H groups in total. The van der Waals surface area contributed by atoms with E-state index in [2.05, 4.69) is 4.74 Å². The highest BCUT2D eigenvalue weighted by Crippen LogP contribution is 2.28. The van der Waals surface area contributed by atoms with E-state index in [1.165, 1.54) is 31.4 Å². The molecule has 82 valence electrons. The van der Waals surface area contributed by atoms with Gasteiger partial charge in [0, 0.05) is 7.60 Å². The number of carbonyl (C=O) groups excluding carboxylic acids is 1. The van der Waals surface area contributed by atoms with E-state index in [-0.39, 0.29) is 5.75 Å². The summed E-state index contributed by atoms with van der Waals surface area (Å²) in [7, 11) is -3.88. The Balaban J connectivity index is 2.74. The molecule has 0 aliphatic rings. The lowest BCUT2D eigenvalue weighted by atomic mass is 10.3. The van der Waals surface area contributed by atoms with Crippen LogP contribution in [-0.4, -0.2) is 12.8 Å². The fraction of sp³-hybridized carbons (Fsp3) is 0.125. The van der Waals surface area contributed by atoms with E-state index in [1.54, 1.807) is 0 Å². The minimum Gasteiger partial charge on any atom is -0.803 e. The Morgan fingerprint density at radius 2 is 1.67 bits per heavy atom. The summed E-state index contributed by atoms with van der Waals surface area (Å²) < 4.78 is 19.4. The third kappa shape index (κ3) is 3.36. The third-order valence-corrected chi connectivity index (χ3v) is 2.03. The van der Waals surface area contributed by atoms with Gasteiger partial charge in [-0.25, -0.2) is 4.79 Å². The molecule has 6 nitrogen and oxygen atoms in total. The number of carbonyl (C=O) groups is 1. The first-order valence-corrected chi connectivity index (χ1v) is 5.36. The van der Waals surface area contributed by atoms with Gasteiger partial charge in [-0.1, -0.05) is 0 Å². The Morgan fingerprint density at radius 3 is 2.07 bits per heavy atom. The first-order chi connectivity index (χ1) is 6.93. The molecule has 15 heavy (non-hydrogen) atoms. The maximum atomic E-state index is 10.6. The maximum absolute atomic E-state index is 10.6. The molecule has 0 bridgehead atoms. The van der Waals surface area contributed by atoms with Gasteiger partial charge in [0.1, 0.15) is 11.5 Å². The van der Waals surface area contributed by atoms with Crippen LogP contribution < -0.4 is 19.3 Å². The molecule has 1 aromatic carbocycles. The van der Waals surface area contributed by atoms with Crippen molar-refractivity contribution in [1.82, 2.24) is 0 Å². The van der Waals surface area contributed by atoms with E-state index < -0.39 is 13.3 Å². The van der Waals surface area contributed by atoms with Gasteiger partial charge in [-0.05, 0) is 24.3 Å². The molecule has 0 aromatic heterocycles. The van der Waals surface area contributed by atoms with Crippen LogP contribution in [0.1, 0.15) is 0 Å². The summed E-state index contributed by atoms with van der Waals surface area (Å²) in [5, 5.41) is 0. The molecule has 0 saturated carbocycles. The number of methoxy groups -OCH3 is 1. The van der Waals surface area contributed by atoms with Crippen LogP contribution in [0.25, 0.3) is 0 Å². The first kappa shape index (κ1) is 11.7. The zero-order valence-electron chi connectivity index (χ0n) is 7.71. The quantitative estimate of drug-likeness (QED) is 0.683. The van der Waals surface area contributed by atoms with Crippen LogP contribution in [-0.2, 0) is 4.57 Å². The third-order valence-electron chi connectivity index (χ3n) is 1.49. The van der Waals surface area contributed by atoms with Crippen molar-refractivity contribution in [2.24, 2.45) is 0 Å². The normalized spacial score (nSPS) is 10.9. The molecule has 0 atom stereocenters. The van der Waals surface area contributed by atoms with Gasteiger partial charge < -0.3 is 23.8 Å². The number of ether oxygens (including phenoxy) is 2. The van der Waals surface area contributed by atoms with Crippen LogP contribution in [0, 0.1) is 0 Å². The van der Waals surface area contributed by atoms with Crippen molar-refractivity contribution in [3.05, 3.63) is 24.3 Å². The zero-order valence-corrected chi connectivity index (χ0v) is 8.60. The van der Waals surface area contributed by atoms with Gasteiger partial charge in [-0.15, -0.1) is 0 Å². The fourth-order valence-corrected chi connectivity index (χ4v) is 1.02. The molecule has 1 aromatic rings. The minimum absolute atomic E-state index is 0.0345. The van der Waals surface area contributed by atoms with Crippen LogP contribution in [0.2, 0.25) is 0 Å². The predicted molar refractivity (Wildman–Crippen MR) is 46.6 cm³/mol. The SMILES string of the molecule is COc1ccc(OC(=O)P(=O)([O-])[O-])cc1. The zero-order chi connectivity index (χ0) is 11.5. The van der Waals surface area contributed by atoms with Gasteiger partial charge in [-0.2, -0.15) is 0 Å². The molecular weight excluding hydrogens is 223 g/mol. The molecule has 0 saturated heterocycles. The molecular formula is C8H7O6P-2. The van der Waals surface area contributed by atoms with Gasteiger partial charge in [0.05, 0.1) is 7.11 Å². The van der Waals surface area contributed by atoms with Gasteiger partial charge >= 0.3 is 5.71 Å². The van der Waals surface area contributed by atoms with Gasteiger partial charge in [0.2, 0.25) is 0 Å². The van der Waals surface area contributed by atoms with Crippen LogP contribution in [0.3, 0.4) is 0 Å². The van der Waals surface area contributed by atoms with Crippen molar-refractivity contribution < 1.29 is 28.6 Å². The largest absolute Gasteiger partial charge is 0.803 e. The molecule has 0 unspecified atom stereocenters. The molecule has 0 heterocycles. The second-order valence-corrected chi connectivity index (χ2v) is 3.90. The highest BCUT2D eigenvalue weighted by Gasteiger charge is 2.08. The predicted octanol–water partition coefficient (Wildman–Crippen LogP) is 0.108. The summed E-state index contributed by atoms with van der Waals surface area (Å²) in [6.07, 6.45) is 0. The summed E-state index contributed by atoms with van der Waals surface area (Å²) in [6, 6.07) is 5.55. The van der Waals surface area contributed by atoms with Crippen molar-refractivity contribution in [2.75, 3.05) is 7.11 Å². The Morgan fingerprint density at radius 1 is 1.20 bits per heavy atom. The lowest BCUT2D eigenvalue weighted by Gasteiger charge is -2.25. The van der Waals surface area contributed by atoms with E-state index in [9.17, 15) is 19.1 Å². The monoisotopic (exact) mass is 230 g/mol. The summed E-state index contributed by atoms with van der Waals surface area (Å²) in [4.78, 5) is 31.1. The van der Waals surface area contributed by atoms with Crippen molar-refractivity contribution in [3.63, 3.8) is 0 Å². The van der Waals surface area contributed by atoms with Crippen LogP contribution >= 0.6 is 7.60 Å². The molecule has 1 rings (SSSR count). The van der Waals surface area contributed by atoms with Crippen LogP contribution in [0.4, 0.5) is 4.79 Å². The second-order valence-electron chi connectivity index (χ2n) is 2.54. The Bertz CT molecular complexity index is 392. The standard InChI is InChI=1S/C8H9O6P/c1-13-6-2-4-7(5-3-6)14-8(9)15(10,11)12/h2-5H,1H3,(H2,10,11,12)/p-2. The molecule has 0 aliphatic carbocycles. The highest BCUT2D eigenvalue weighted by molar-refractivity contribution is 7.67. The van der Waals surface area contributed by atoms with Crippen molar-refractivity contribution in [2.45, 2.75) is 0 Å². The van der Waals surface area contributed by atoms with E-state index >= 15 is 0 Å². The summed E-state index contributed by atoms with van der Waals surface area (Å²) in [5.41, 5.74) is -1.80. The first-order valence-electron chi connectivity index (χ1n) is 3.82. The Hall–Kier alpha value is -1.36. The highest BCUT2D eigenvalue weighted by atomic mass is 31.2. The fourth-order valence-electron chi connectivity index (χ4n) is 0.800.